The molecule has 0 saturated heterocycles. The van der Waals surface area contributed by atoms with Gasteiger partial charge in [-0.05, 0) is 120 Å². The van der Waals surface area contributed by atoms with Gasteiger partial charge in [0.15, 0.2) is 0 Å². The molecule has 0 aliphatic carbocycles. The zero-order chi connectivity index (χ0) is 39.0. The van der Waals surface area contributed by atoms with Crippen LogP contribution in [0.3, 0.4) is 0 Å². The summed E-state index contributed by atoms with van der Waals surface area (Å²) in [6.45, 7) is 0. The number of ketones is 2. The topological polar surface area (TPSA) is 40.6 Å². The number of hydrogen-bond donors (Lipinski definition) is 0. The SMILES string of the molecule is O=C1C(=Cc2ccc(N(c3ccccc3)c3ccc(-c4ccc(N(c5ccccc5)c5ccc(C=C6Sc7ccccc7C6=O)cc5)s4)s3)cc2)Sc2ccccc21. The fraction of sp³-hybridized carbons (Fsp3) is 0. The molecule has 4 heterocycles. The van der Waals surface area contributed by atoms with Gasteiger partial charge in [-0.15, -0.1) is 22.7 Å². The molecule has 10 rings (SSSR count). The summed E-state index contributed by atoms with van der Waals surface area (Å²) in [6, 6.07) is 62.1. The zero-order valence-electron chi connectivity index (χ0n) is 30.8. The summed E-state index contributed by atoms with van der Waals surface area (Å²) in [5.41, 5.74) is 7.74. The molecule has 0 fully saturated rings. The molecule has 278 valence electrons. The van der Waals surface area contributed by atoms with Crippen LogP contribution in [0.5, 0.6) is 0 Å². The van der Waals surface area contributed by atoms with Crippen LogP contribution < -0.4 is 9.80 Å². The summed E-state index contributed by atoms with van der Waals surface area (Å²) in [6.07, 6.45) is 3.98. The molecule has 8 heteroatoms. The molecule has 0 amide bonds. The van der Waals surface area contributed by atoms with E-state index in [9.17, 15) is 9.59 Å². The van der Waals surface area contributed by atoms with Crippen molar-refractivity contribution in [1.82, 2.24) is 0 Å². The van der Waals surface area contributed by atoms with Gasteiger partial charge in [0.2, 0.25) is 11.6 Å². The van der Waals surface area contributed by atoms with Gasteiger partial charge in [0.1, 0.15) is 10.0 Å². The minimum Gasteiger partial charge on any atom is -0.302 e. The second-order valence-electron chi connectivity index (χ2n) is 13.7. The Bertz CT molecular complexity index is 2680. The highest BCUT2D eigenvalue weighted by atomic mass is 32.2. The lowest BCUT2D eigenvalue weighted by molar-refractivity contribution is 0.103. The fourth-order valence-corrected chi connectivity index (χ4v) is 11.4. The molecular weight excluding hydrogens is 789 g/mol. The van der Waals surface area contributed by atoms with E-state index in [2.05, 4.69) is 131 Å². The van der Waals surface area contributed by atoms with Crippen molar-refractivity contribution in [3.63, 3.8) is 0 Å². The summed E-state index contributed by atoms with van der Waals surface area (Å²) in [4.78, 5) is 36.5. The summed E-state index contributed by atoms with van der Waals surface area (Å²) in [5, 5.41) is 2.21. The van der Waals surface area contributed by atoms with E-state index in [4.69, 9.17) is 0 Å². The summed E-state index contributed by atoms with van der Waals surface area (Å²) in [7, 11) is 0. The van der Waals surface area contributed by atoms with E-state index in [1.54, 1.807) is 22.7 Å². The van der Waals surface area contributed by atoms with Crippen molar-refractivity contribution < 1.29 is 9.59 Å². The molecule has 2 aliphatic heterocycles. The van der Waals surface area contributed by atoms with Gasteiger partial charge in [-0.2, -0.15) is 0 Å². The van der Waals surface area contributed by atoms with Crippen molar-refractivity contribution in [3.8, 4) is 9.75 Å². The van der Waals surface area contributed by atoms with E-state index in [0.29, 0.717) is 0 Å². The monoisotopic (exact) mass is 820 g/mol. The third-order valence-corrected chi connectivity index (χ3v) is 14.5. The van der Waals surface area contributed by atoms with Gasteiger partial charge >= 0.3 is 0 Å². The lowest BCUT2D eigenvalue weighted by Crippen LogP contribution is -2.08. The maximum atomic E-state index is 13.0. The Kier molecular flexibility index (Phi) is 9.77. The van der Waals surface area contributed by atoms with E-state index in [0.717, 1.165) is 74.6 Å². The van der Waals surface area contributed by atoms with Gasteiger partial charge in [0.05, 0.1) is 9.81 Å². The van der Waals surface area contributed by atoms with Crippen molar-refractivity contribution in [3.05, 3.63) is 214 Å². The minimum atomic E-state index is 0.0838. The zero-order valence-corrected chi connectivity index (χ0v) is 34.1. The van der Waals surface area contributed by atoms with Crippen molar-refractivity contribution >= 4 is 103 Å². The molecule has 0 N–H and O–H groups in total. The lowest BCUT2D eigenvalue weighted by Gasteiger charge is -2.24. The number of carbonyl (C=O) groups excluding carboxylic acids is 2. The van der Waals surface area contributed by atoms with Gasteiger partial charge in [0.25, 0.3) is 0 Å². The molecule has 0 bridgehead atoms. The predicted molar refractivity (Wildman–Crippen MR) is 246 cm³/mol. The fourth-order valence-electron chi connectivity index (χ4n) is 7.14. The van der Waals surface area contributed by atoms with Crippen LogP contribution in [0.25, 0.3) is 21.9 Å². The number of hydrogen-bond acceptors (Lipinski definition) is 8. The smallest absolute Gasteiger partial charge is 0.200 e. The molecule has 4 nitrogen and oxygen atoms in total. The maximum Gasteiger partial charge on any atom is 0.200 e. The molecular formula is C50H32N2O2S4. The molecule has 0 radical (unpaired) electrons. The Morgan fingerprint density at radius 1 is 0.362 bits per heavy atom. The molecule has 2 aliphatic rings. The molecule has 6 aromatic carbocycles. The largest absolute Gasteiger partial charge is 0.302 e. The van der Waals surface area contributed by atoms with Crippen LogP contribution >= 0.6 is 46.2 Å². The third-order valence-electron chi connectivity index (χ3n) is 9.94. The van der Waals surface area contributed by atoms with Crippen LogP contribution in [-0.2, 0) is 0 Å². The summed E-state index contributed by atoms with van der Waals surface area (Å²) in [5.74, 6) is 0.168. The Labute approximate surface area is 353 Å². The first-order valence-electron chi connectivity index (χ1n) is 18.7. The number of nitrogens with zero attached hydrogens (tertiary/aromatic N) is 2. The maximum absolute atomic E-state index is 13.0. The number of rotatable bonds is 9. The van der Waals surface area contributed by atoms with E-state index in [1.807, 2.05) is 72.8 Å². The Morgan fingerprint density at radius 2 is 0.724 bits per heavy atom. The normalized spacial score (nSPS) is 14.6. The van der Waals surface area contributed by atoms with Crippen molar-refractivity contribution in [2.24, 2.45) is 0 Å². The van der Waals surface area contributed by atoms with Crippen LogP contribution in [0.15, 0.2) is 202 Å². The molecule has 8 aromatic rings. The first-order valence-corrected chi connectivity index (χ1v) is 22.0. The number of Topliss-reactive ketones (excluding diaryl/α,β-unsaturated/α-hetero) is 2. The summed E-state index contributed by atoms with van der Waals surface area (Å²) >= 11 is 6.59. The van der Waals surface area contributed by atoms with E-state index in [-0.39, 0.29) is 11.6 Å². The number of para-hydroxylation sites is 2. The average molecular weight is 821 g/mol. The molecule has 0 unspecified atom stereocenters. The van der Waals surface area contributed by atoms with Gasteiger partial charge in [-0.25, -0.2) is 0 Å². The molecule has 0 spiro atoms. The van der Waals surface area contributed by atoms with Crippen LogP contribution in [0.1, 0.15) is 31.8 Å². The second kappa shape index (κ2) is 15.6. The summed E-state index contributed by atoms with van der Waals surface area (Å²) < 4.78 is 0. The van der Waals surface area contributed by atoms with Crippen molar-refractivity contribution in [1.29, 1.82) is 0 Å². The van der Waals surface area contributed by atoms with E-state index < -0.39 is 0 Å². The predicted octanol–water partition coefficient (Wildman–Crippen LogP) is 15.1. The highest BCUT2D eigenvalue weighted by Crippen LogP contribution is 2.47. The van der Waals surface area contributed by atoms with Gasteiger partial charge in [-0.1, -0.05) is 108 Å². The molecule has 0 saturated carbocycles. The minimum absolute atomic E-state index is 0.0838. The Balaban J connectivity index is 0.927. The highest BCUT2D eigenvalue weighted by Gasteiger charge is 2.26. The molecule has 58 heavy (non-hydrogen) atoms. The van der Waals surface area contributed by atoms with Crippen LogP contribution in [0.4, 0.5) is 32.8 Å². The van der Waals surface area contributed by atoms with Crippen LogP contribution in [0, 0.1) is 0 Å². The van der Waals surface area contributed by atoms with E-state index >= 15 is 0 Å². The number of fused-ring (bicyclic) bond motifs is 2. The first kappa shape index (κ1) is 36.2. The second-order valence-corrected chi connectivity index (χ2v) is 18.0. The number of benzene rings is 6. The van der Waals surface area contributed by atoms with Gasteiger partial charge in [-0.3, -0.25) is 9.59 Å². The highest BCUT2D eigenvalue weighted by molar-refractivity contribution is 8.05. The number of allylic oxidation sites excluding steroid dienone is 2. The standard InChI is InChI=1S/C50H32N2O2S4/c53-49-39-15-7-9-17-41(39)55-45(49)31-33-19-23-37(24-20-33)51(35-11-3-1-4-12-35)47-29-27-43(57-47)44-28-30-48(58-44)52(36-13-5-2-6-14-36)38-25-21-34(22-26-38)32-46-50(54)40-16-8-10-18-42(40)56-46/h1-32H. The Hall–Kier alpha value is -6.16. The number of thioether (sulfide) groups is 2. The van der Waals surface area contributed by atoms with Crippen LogP contribution in [-0.4, -0.2) is 11.6 Å². The first-order chi connectivity index (χ1) is 28.6. The third kappa shape index (κ3) is 7.05. The Morgan fingerprint density at radius 3 is 1.12 bits per heavy atom. The molecule has 2 aromatic heterocycles. The van der Waals surface area contributed by atoms with E-state index in [1.165, 1.54) is 33.3 Å². The van der Waals surface area contributed by atoms with Gasteiger partial charge in [0, 0.05) is 53.4 Å². The van der Waals surface area contributed by atoms with Crippen molar-refractivity contribution in [2.75, 3.05) is 9.80 Å². The van der Waals surface area contributed by atoms with Gasteiger partial charge < -0.3 is 9.80 Å². The van der Waals surface area contributed by atoms with Crippen molar-refractivity contribution in [2.45, 2.75) is 9.79 Å². The average Bonchev–Trinajstić information content (AvgIpc) is 4.08. The molecule has 0 atom stereocenters. The number of anilines is 6. The quantitative estimate of drug-likeness (QED) is 0.135. The number of thiophene rings is 2. The lowest BCUT2D eigenvalue weighted by atomic mass is 10.1. The van der Waals surface area contributed by atoms with Crippen LogP contribution in [0.2, 0.25) is 0 Å². The number of carbonyl (C=O) groups is 2.